The van der Waals surface area contributed by atoms with Crippen LogP contribution >= 0.6 is 0 Å². The van der Waals surface area contributed by atoms with Crippen LogP contribution in [-0.2, 0) is 28.6 Å². The van der Waals surface area contributed by atoms with Crippen molar-refractivity contribution in [3.05, 3.63) is 0 Å². The highest BCUT2D eigenvalue weighted by molar-refractivity contribution is 5.71. The number of rotatable bonds is 46. The monoisotopic (exact) mass is 807 g/mol. The van der Waals surface area contributed by atoms with Gasteiger partial charge in [-0.1, -0.05) is 246 Å². The van der Waals surface area contributed by atoms with Gasteiger partial charge in [0.2, 0.25) is 0 Å². The highest BCUT2D eigenvalue weighted by Crippen LogP contribution is 2.17. The molecular formula is C51H98O6. The topological polar surface area (TPSA) is 78.9 Å². The van der Waals surface area contributed by atoms with E-state index in [2.05, 4.69) is 27.7 Å². The summed E-state index contributed by atoms with van der Waals surface area (Å²) in [4.78, 5) is 37.6. The Kier molecular flexibility index (Phi) is 44.2. The number of esters is 3. The zero-order chi connectivity index (χ0) is 41.7. The standard InChI is InChI=1S/C51H98O6/c1-5-7-9-11-12-13-14-15-16-17-18-22-25-28-31-35-38-42-49(52)55-45-48(57-51(54)44-40-33-10-8-6-2)46-56-50(53)43-39-36-32-29-26-23-20-19-21-24-27-30-34-37-41-47(3)4/h47-48H,5-46H2,1-4H3/t48-/m1/s1. The number of hydrogen-bond donors (Lipinski definition) is 0. The maximum absolute atomic E-state index is 12.6. The second kappa shape index (κ2) is 45.5. The lowest BCUT2D eigenvalue weighted by atomic mass is 10.0. The minimum atomic E-state index is -0.758. The van der Waals surface area contributed by atoms with Gasteiger partial charge in [-0.15, -0.1) is 0 Å². The fourth-order valence-corrected chi connectivity index (χ4v) is 7.69. The number of carbonyl (C=O) groups is 3. The molecular weight excluding hydrogens is 709 g/mol. The third-order valence-electron chi connectivity index (χ3n) is 11.5. The summed E-state index contributed by atoms with van der Waals surface area (Å²) in [6, 6.07) is 0. The zero-order valence-electron chi connectivity index (χ0n) is 38.8. The Bertz CT molecular complexity index is 857. The van der Waals surface area contributed by atoms with Crippen molar-refractivity contribution in [2.75, 3.05) is 13.2 Å². The van der Waals surface area contributed by atoms with Crippen LogP contribution in [0.15, 0.2) is 0 Å². The molecule has 0 aliphatic heterocycles. The van der Waals surface area contributed by atoms with Crippen molar-refractivity contribution < 1.29 is 28.6 Å². The second-order valence-corrected chi connectivity index (χ2v) is 17.9. The smallest absolute Gasteiger partial charge is 0.306 e. The molecule has 0 N–H and O–H groups in total. The molecule has 0 saturated heterocycles. The summed E-state index contributed by atoms with van der Waals surface area (Å²) >= 11 is 0. The Morgan fingerprint density at radius 3 is 0.860 bits per heavy atom. The minimum absolute atomic E-state index is 0.0644. The van der Waals surface area contributed by atoms with Crippen molar-refractivity contribution in [3.8, 4) is 0 Å². The van der Waals surface area contributed by atoms with Gasteiger partial charge in [-0.3, -0.25) is 14.4 Å². The van der Waals surface area contributed by atoms with Gasteiger partial charge in [0.05, 0.1) is 0 Å². The third-order valence-corrected chi connectivity index (χ3v) is 11.5. The van der Waals surface area contributed by atoms with E-state index in [0.717, 1.165) is 70.1 Å². The Labute approximate surface area is 355 Å². The number of hydrogen-bond acceptors (Lipinski definition) is 6. The second-order valence-electron chi connectivity index (χ2n) is 17.9. The highest BCUT2D eigenvalue weighted by Gasteiger charge is 2.19. The van der Waals surface area contributed by atoms with Crippen molar-refractivity contribution in [2.45, 2.75) is 291 Å². The molecule has 0 aromatic heterocycles. The molecule has 6 nitrogen and oxygen atoms in total. The first-order valence-corrected chi connectivity index (χ1v) is 25.4. The summed E-state index contributed by atoms with van der Waals surface area (Å²) in [5.41, 5.74) is 0. The molecule has 0 heterocycles. The van der Waals surface area contributed by atoms with Crippen LogP contribution in [-0.4, -0.2) is 37.2 Å². The van der Waals surface area contributed by atoms with Crippen molar-refractivity contribution in [1.82, 2.24) is 0 Å². The van der Waals surface area contributed by atoms with Crippen LogP contribution in [0.2, 0.25) is 0 Å². The summed E-state index contributed by atoms with van der Waals surface area (Å²) in [6.45, 7) is 8.96. The van der Waals surface area contributed by atoms with E-state index >= 15 is 0 Å². The molecule has 0 spiro atoms. The van der Waals surface area contributed by atoms with E-state index < -0.39 is 6.10 Å². The van der Waals surface area contributed by atoms with Crippen LogP contribution in [0.4, 0.5) is 0 Å². The Balaban J connectivity index is 4.06. The largest absolute Gasteiger partial charge is 0.462 e. The van der Waals surface area contributed by atoms with Gasteiger partial charge >= 0.3 is 17.9 Å². The minimum Gasteiger partial charge on any atom is -0.462 e. The Hall–Kier alpha value is -1.59. The van der Waals surface area contributed by atoms with Crippen molar-refractivity contribution >= 4 is 17.9 Å². The first-order valence-electron chi connectivity index (χ1n) is 25.4. The van der Waals surface area contributed by atoms with E-state index in [1.54, 1.807) is 0 Å². The van der Waals surface area contributed by atoms with Gasteiger partial charge < -0.3 is 14.2 Å². The summed E-state index contributed by atoms with van der Waals surface area (Å²) in [6.07, 6.45) is 47.0. The molecule has 0 fully saturated rings. The number of carbonyl (C=O) groups excluding carboxylic acids is 3. The quantitative estimate of drug-likeness (QED) is 0.0346. The van der Waals surface area contributed by atoms with Crippen LogP contribution in [0.5, 0.6) is 0 Å². The Morgan fingerprint density at radius 2 is 0.579 bits per heavy atom. The van der Waals surface area contributed by atoms with Crippen molar-refractivity contribution in [2.24, 2.45) is 5.92 Å². The maximum Gasteiger partial charge on any atom is 0.306 e. The molecule has 0 aliphatic carbocycles. The van der Waals surface area contributed by atoms with Gasteiger partial charge in [0.15, 0.2) is 6.10 Å². The highest BCUT2D eigenvalue weighted by atomic mass is 16.6. The van der Waals surface area contributed by atoms with Crippen LogP contribution in [0.25, 0.3) is 0 Å². The molecule has 0 aromatic carbocycles. The molecule has 0 bridgehead atoms. The molecule has 0 radical (unpaired) electrons. The molecule has 338 valence electrons. The van der Waals surface area contributed by atoms with Crippen LogP contribution in [0.3, 0.4) is 0 Å². The number of ether oxygens (including phenoxy) is 3. The van der Waals surface area contributed by atoms with Gasteiger partial charge in [0.1, 0.15) is 13.2 Å². The van der Waals surface area contributed by atoms with E-state index in [1.807, 2.05) is 0 Å². The molecule has 0 aliphatic rings. The van der Waals surface area contributed by atoms with Crippen LogP contribution < -0.4 is 0 Å². The molecule has 57 heavy (non-hydrogen) atoms. The summed E-state index contributed by atoms with van der Waals surface area (Å²) < 4.78 is 16.7. The third kappa shape index (κ3) is 45.3. The SMILES string of the molecule is CCCCCCCCCCCCCCCCCCCC(=O)OC[C@H](COC(=O)CCCCCCCCCCCCCCCCC(C)C)OC(=O)CCCCCCC. The first kappa shape index (κ1) is 55.4. The Morgan fingerprint density at radius 1 is 0.333 bits per heavy atom. The number of unbranched alkanes of at least 4 members (excludes halogenated alkanes) is 33. The van der Waals surface area contributed by atoms with E-state index in [4.69, 9.17) is 14.2 Å². The van der Waals surface area contributed by atoms with Crippen molar-refractivity contribution in [1.29, 1.82) is 0 Å². The molecule has 1 atom stereocenters. The predicted molar refractivity (Wildman–Crippen MR) is 243 cm³/mol. The molecule has 0 rings (SSSR count). The van der Waals surface area contributed by atoms with Crippen LogP contribution in [0, 0.1) is 5.92 Å². The van der Waals surface area contributed by atoms with Gasteiger partial charge in [-0.05, 0) is 25.2 Å². The molecule has 0 aromatic rings. The van der Waals surface area contributed by atoms with E-state index in [-0.39, 0.29) is 31.1 Å². The van der Waals surface area contributed by atoms with E-state index in [0.29, 0.717) is 19.3 Å². The lowest BCUT2D eigenvalue weighted by Crippen LogP contribution is -2.30. The fraction of sp³-hybridized carbons (Fsp3) is 0.941. The van der Waals surface area contributed by atoms with Gasteiger partial charge in [-0.2, -0.15) is 0 Å². The molecule has 0 unspecified atom stereocenters. The molecule has 0 saturated carbocycles. The van der Waals surface area contributed by atoms with Gasteiger partial charge in [-0.25, -0.2) is 0 Å². The van der Waals surface area contributed by atoms with E-state index in [1.165, 1.54) is 173 Å². The molecule has 0 amide bonds. The van der Waals surface area contributed by atoms with Crippen molar-refractivity contribution in [3.63, 3.8) is 0 Å². The zero-order valence-corrected chi connectivity index (χ0v) is 38.8. The summed E-state index contributed by atoms with van der Waals surface area (Å²) in [7, 11) is 0. The lowest BCUT2D eigenvalue weighted by molar-refractivity contribution is -0.167. The summed E-state index contributed by atoms with van der Waals surface area (Å²) in [5, 5.41) is 0. The van der Waals surface area contributed by atoms with E-state index in [9.17, 15) is 14.4 Å². The average Bonchev–Trinajstić information content (AvgIpc) is 3.19. The predicted octanol–water partition coefficient (Wildman–Crippen LogP) is 16.3. The van der Waals surface area contributed by atoms with Crippen LogP contribution in [0.1, 0.15) is 285 Å². The fourth-order valence-electron chi connectivity index (χ4n) is 7.69. The molecule has 6 heteroatoms. The first-order chi connectivity index (χ1) is 27.9. The van der Waals surface area contributed by atoms with Gasteiger partial charge in [0.25, 0.3) is 0 Å². The maximum atomic E-state index is 12.6. The average molecular weight is 807 g/mol. The van der Waals surface area contributed by atoms with Gasteiger partial charge in [0, 0.05) is 19.3 Å². The lowest BCUT2D eigenvalue weighted by Gasteiger charge is -2.18. The summed E-state index contributed by atoms with van der Waals surface area (Å²) in [5.74, 6) is -0.0163. The normalized spacial score (nSPS) is 11.9.